The van der Waals surface area contributed by atoms with E-state index in [1.165, 1.54) is 6.26 Å². The van der Waals surface area contributed by atoms with E-state index in [0.29, 0.717) is 18.2 Å². The third kappa shape index (κ3) is 5.62. The fourth-order valence-electron chi connectivity index (χ4n) is 2.23. The van der Waals surface area contributed by atoms with Gasteiger partial charge in [0.1, 0.15) is 0 Å². The molecule has 0 aliphatic rings. The molecule has 3 aromatic rings. The van der Waals surface area contributed by atoms with Crippen molar-refractivity contribution in [3.8, 4) is 0 Å². The van der Waals surface area contributed by atoms with E-state index in [1.807, 2.05) is 48.5 Å². The monoisotopic (exact) mass is 462 g/mol. The van der Waals surface area contributed by atoms with Gasteiger partial charge >= 0.3 is 0 Å². The third-order valence-corrected chi connectivity index (χ3v) is 3.41. The van der Waals surface area contributed by atoms with Crippen molar-refractivity contribution >= 4 is 47.2 Å². The topological polar surface area (TPSA) is 92.6 Å². The number of para-hydroxylation sites is 1. The summed E-state index contributed by atoms with van der Waals surface area (Å²) in [4.78, 5) is 16.3. The molecule has 0 saturated carbocycles. The number of nitrogens with one attached hydrogen (secondary N) is 2. The zero-order valence-corrected chi connectivity index (χ0v) is 16.2. The van der Waals surface area contributed by atoms with Crippen LogP contribution in [-0.2, 0) is 6.54 Å². The highest BCUT2D eigenvalue weighted by molar-refractivity contribution is 14.0. The molecule has 4 N–H and O–H groups in total. The molecule has 0 radical (unpaired) electrons. The summed E-state index contributed by atoms with van der Waals surface area (Å²) in [6.07, 6.45) is 1.46. The largest absolute Gasteiger partial charge is 0.459 e. The van der Waals surface area contributed by atoms with E-state index in [0.717, 1.165) is 11.3 Å². The molecular formula is C19H19IN4O2. The second-order valence-corrected chi connectivity index (χ2v) is 5.32. The molecule has 1 amide bonds. The van der Waals surface area contributed by atoms with Gasteiger partial charge in [0.15, 0.2) is 11.7 Å². The van der Waals surface area contributed by atoms with Gasteiger partial charge in [-0.2, -0.15) is 0 Å². The smallest absolute Gasteiger partial charge is 0.291 e. The lowest BCUT2D eigenvalue weighted by molar-refractivity contribution is 0.0996. The maximum absolute atomic E-state index is 12.0. The fourth-order valence-corrected chi connectivity index (χ4v) is 2.23. The zero-order valence-electron chi connectivity index (χ0n) is 13.9. The third-order valence-electron chi connectivity index (χ3n) is 3.41. The maximum Gasteiger partial charge on any atom is 0.291 e. The number of nitrogens with zero attached hydrogens (tertiary/aromatic N) is 1. The van der Waals surface area contributed by atoms with Crippen LogP contribution in [0.3, 0.4) is 0 Å². The Morgan fingerprint density at radius 1 is 0.962 bits per heavy atom. The van der Waals surface area contributed by atoms with Crippen molar-refractivity contribution in [1.29, 1.82) is 0 Å². The van der Waals surface area contributed by atoms with Crippen LogP contribution in [0.1, 0.15) is 16.1 Å². The number of carbonyl (C=O) groups is 1. The highest BCUT2D eigenvalue weighted by Crippen LogP contribution is 2.13. The highest BCUT2D eigenvalue weighted by atomic mass is 127. The van der Waals surface area contributed by atoms with E-state index in [-0.39, 0.29) is 35.6 Å². The average molecular weight is 462 g/mol. The number of benzene rings is 2. The quantitative estimate of drug-likeness (QED) is 0.303. The van der Waals surface area contributed by atoms with Gasteiger partial charge in [-0.3, -0.25) is 4.79 Å². The van der Waals surface area contributed by atoms with E-state index in [2.05, 4.69) is 15.6 Å². The van der Waals surface area contributed by atoms with Gasteiger partial charge in [-0.1, -0.05) is 30.3 Å². The van der Waals surface area contributed by atoms with E-state index in [4.69, 9.17) is 10.2 Å². The fraction of sp³-hybridized carbons (Fsp3) is 0.0526. The summed E-state index contributed by atoms with van der Waals surface area (Å²) in [7, 11) is 0. The minimum absolute atomic E-state index is 0. The summed E-state index contributed by atoms with van der Waals surface area (Å²) >= 11 is 0. The number of amides is 1. The number of carbonyl (C=O) groups excluding carboxylic acids is 1. The Balaban J connectivity index is 0.00000243. The van der Waals surface area contributed by atoms with Crippen LogP contribution in [0.15, 0.2) is 82.4 Å². The van der Waals surface area contributed by atoms with Crippen molar-refractivity contribution in [3.63, 3.8) is 0 Å². The Bertz CT molecular complexity index is 864. The molecule has 0 unspecified atom stereocenters. The van der Waals surface area contributed by atoms with Gasteiger partial charge in [0.05, 0.1) is 12.8 Å². The van der Waals surface area contributed by atoms with Crippen molar-refractivity contribution in [1.82, 2.24) is 0 Å². The lowest BCUT2D eigenvalue weighted by Gasteiger charge is -2.07. The molecule has 0 aliphatic heterocycles. The van der Waals surface area contributed by atoms with Crippen LogP contribution < -0.4 is 16.4 Å². The van der Waals surface area contributed by atoms with Crippen LogP contribution in [0.2, 0.25) is 0 Å². The van der Waals surface area contributed by atoms with Gasteiger partial charge in [0, 0.05) is 11.4 Å². The van der Waals surface area contributed by atoms with Gasteiger partial charge in [-0.25, -0.2) is 4.99 Å². The van der Waals surface area contributed by atoms with Crippen LogP contribution in [0.4, 0.5) is 11.4 Å². The van der Waals surface area contributed by atoms with E-state index >= 15 is 0 Å². The molecule has 134 valence electrons. The summed E-state index contributed by atoms with van der Waals surface area (Å²) < 4.78 is 5.07. The number of anilines is 2. The molecule has 0 atom stereocenters. The number of aliphatic imine (C=N–C) groups is 1. The number of guanidine groups is 1. The number of furan rings is 1. The van der Waals surface area contributed by atoms with Crippen molar-refractivity contribution in [2.75, 3.05) is 10.6 Å². The number of halogens is 1. The molecule has 6 nitrogen and oxygen atoms in total. The molecule has 1 aromatic heterocycles. The Kier molecular flexibility index (Phi) is 7.22. The van der Waals surface area contributed by atoms with Crippen molar-refractivity contribution in [2.45, 2.75) is 6.54 Å². The molecule has 3 rings (SSSR count). The van der Waals surface area contributed by atoms with Gasteiger partial charge in [-0.15, -0.1) is 24.0 Å². The Hall–Kier alpha value is -2.81. The lowest BCUT2D eigenvalue weighted by atomic mass is 10.2. The highest BCUT2D eigenvalue weighted by Gasteiger charge is 2.08. The minimum Gasteiger partial charge on any atom is -0.459 e. The molecule has 0 saturated heterocycles. The second kappa shape index (κ2) is 9.62. The van der Waals surface area contributed by atoms with Gasteiger partial charge in [-0.05, 0) is 42.0 Å². The second-order valence-electron chi connectivity index (χ2n) is 5.32. The minimum atomic E-state index is -0.295. The number of rotatable bonds is 5. The Labute approximate surface area is 168 Å². The molecule has 0 aliphatic carbocycles. The Morgan fingerprint density at radius 3 is 2.46 bits per heavy atom. The van der Waals surface area contributed by atoms with Crippen molar-refractivity contribution < 1.29 is 9.21 Å². The number of hydrogen-bond donors (Lipinski definition) is 3. The van der Waals surface area contributed by atoms with E-state index < -0.39 is 0 Å². The summed E-state index contributed by atoms with van der Waals surface area (Å²) in [6, 6.07) is 20.3. The average Bonchev–Trinajstić information content (AvgIpc) is 3.16. The Morgan fingerprint density at radius 2 is 1.73 bits per heavy atom. The molecule has 2 aromatic carbocycles. The first-order valence-corrected chi connectivity index (χ1v) is 7.76. The van der Waals surface area contributed by atoms with Crippen molar-refractivity contribution in [2.24, 2.45) is 10.7 Å². The zero-order chi connectivity index (χ0) is 17.5. The SMILES string of the molecule is I.NC(=NCc1cccc(NC(=O)c2ccco2)c1)Nc1ccccc1. The van der Waals surface area contributed by atoms with Crippen LogP contribution >= 0.6 is 24.0 Å². The first-order valence-electron chi connectivity index (χ1n) is 7.76. The molecule has 0 spiro atoms. The van der Waals surface area contributed by atoms with Gasteiger partial charge in [0.25, 0.3) is 5.91 Å². The molecular weight excluding hydrogens is 443 g/mol. The number of hydrogen-bond acceptors (Lipinski definition) is 3. The van der Waals surface area contributed by atoms with Crippen LogP contribution in [0.5, 0.6) is 0 Å². The first-order chi connectivity index (χ1) is 12.2. The molecule has 0 fully saturated rings. The van der Waals surface area contributed by atoms with E-state index in [9.17, 15) is 4.79 Å². The standard InChI is InChI=1S/C19H18N4O2.HI/c20-19(23-15-7-2-1-3-8-15)21-13-14-6-4-9-16(12-14)22-18(24)17-10-5-11-25-17;/h1-12H,13H2,(H,22,24)(H3,20,21,23);1H. The van der Waals surface area contributed by atoms with Crippen LogP contribution in [0, 0.1) is 0 Å². The summed E-state index contributed by atoms with van der Waals surface area (Å²) in [6.45, 7) is 0.399. The van der Waals surface area contributed by atoms with Crippen LogP contribution in [-0.4, -0.2) is 11.9 Å². The summed E-state index contributed by atoms with van der Waals surface area (Å²) in [5.74, 6) is 0.298. The number of nitrogens with two attached hydrogens (primary N) is 1. The normalized spacial score (nSPS) is 10.7. The first kappa shape index (κ1) is 19.5. The van der Waals surface area contributed by atoms with E-state index in [1.54, 1.807) is 18.2 Å². The summed E-state index contributed by atoms with van der Waals surface area (Å²) in [5.41, 5.74) is 8.37. The molecule has 1 heterocycles. The summed E-state index contributed by atoms with van der Waals surface area (Å²) in [5, 5.41) is 5.81. The predicted octanol–water partition coefficient (Wildman–Crippen LogP) is 4.08. The van der Waals surface area contributed by atoms with Crippen LogP contribution in [0.25, 0.3) is 0 Å². The van der Waals surface area contributed by atoms with Gasteiger partial charge in [0.2, 0.25) is 0 Å². The molecule has 26 heavy (non-hydrogen) atoms. The lowest BCUT2D eigenvalue weighted by Crippen LogP contribution is -2.22. The maximum atomic E-state index is 12.0. The predicted molar refractivity (Wildman–Crippen MR) is 114 cm³/mol. The molecule has 7 heteroatoms. The van der Waals surface area contributed by atoms with Gasteiger partial charge < -0.3 is 20.8 Å². The molecule has 0 bridgehead atoms. The van der Waals surface area contributed by atoms with Crippen molar-refractivity contribution in [3.05, 3.63) is 84.3 Å².